The van der Waals surface area contributed by atoms with E-state index in [0.717, 1.165) is 4.90 Å². The van der Waals surface area contributed by atoms with Gasteiger partial charge in [-0.15, -0.1) is 0 Å². The van der Waals surface area contributed by atoms with Gasteiger partial charge in [-0.3, -0.25) is 9.59 Å². The van der Waals surface area contributed by atoms with E-state index in [1.165, 1.54) is 36.4 Å². The minimum atomic E-state index is -0.706. The van der Waals surface area contributed by atoms with Crippen molar-refractivity contribution in [1.29, 1.82) is 0 Å². The molecule has 2 amide bonds. The summed E-state index contributed by atoms with van der Waals surface area (Å²) < 4.78 is 12.9. The van der Waals surface area contributed by atoms with E-state index in [1.807, 2.05) is 0 Å². The van der Waals surface area contributed by atoms with Crippen molar-refractivity contribution in [2.45, 2.75) is 12.5 Å². The van der Waals surface area contributed by atoms with E-state index in [9.17, 15) is 14.0 Å². The molecule has 7 heteroatoms. The van der Waals surface area contributed by atoms with Gasteiger partial charge in [-0.2, -0.15) is 0 Å². The highest BCUT2D eigenvalue weighted by molar-refractivity contribution is 6.42. The maximum Gasteiger partial charge on any atom is 0.256 e. The molecular weight excluding hydrogens is 342 g/mol. The van der Waals surface area contributed by atoms with E-state index >= 15 is 0 Å². The van der Waals surface area contributed by atoms with Gasteiger partial charge < -0.3 is 5.32 Å². The van der Waals surface area contributed by atoms with Crippen LogP contribution in [-0.2, 0) is 9.59 Å². The number of rotatable bonds is 3. The van der Waals surface area contributed by atoms with Gasteiger partial charge in [-0.05, 0) is 42.5 Å². The number of hydrogen-bond acceptors (Lipinski definition) is 3. The van der Waals surface area contributed by atoms with Crippen molar-refractivity contribution in [3.05, 3.63) is 58.3 Å². The van der Waals surface area contributed by atoms with Crippen LogP contribution in [0.2, 0.25) is 10.0 Å². The zero-order chi connectivity index (χ0) is 16.6. The highest BCUT2D eigenvalue weighted by Gasteiger charge is 2.39. The van der Waals surface area contributed by atoms with Gasteiger partial charge in [0.1, 0.15) is 11.9 Å². The van der Waals surface area contributed by atoms with Crippen LogP contribution >= 0.6 is 23.2 Å². The van der Waals surface area contributed by atoms with E-state index in [2.05, 4.69) is 5.32 Å². The maximum atomic E-state index is 12.9. The fraction of sp³-hybridized carbons (Fsp3) is 0.125. The number of halogens is 3. The third kappa shape index (κ3) is 3.16. The molecule has 2 aromatic rings. The third-order valence-corrected chi connectivity index (χ3v) is 4.23. The Kier molecular flexibility index (Phi) is 4.24. The van der Waals surface area contributed by atoms with Gasteiger partial charge in [0.15, 0.2) is 0 Å². The monoisotopic (exact) mass is 352 g/mol. The van der Waals surface area contributed by atoms with Gasteiger partial charge in [0, 0.05) is 5.69 Å². The Labute approximate surface area is 141 Å². The quantitative estimate of drug-likeness (QED) is 0.852. The Bertz CT molecular complexity index is 780. The van der Waals surface area contributed by atoms with Gasteiger partial charge in [0.2, 0.25) is 5.91 Å². The van der Waals surface area contributed by atoms with Crippen LogP contribution < -0.4 is 10.2 Å². The summed E-state index contributed by atoms with van der Waals surface area (Å²) >= 11 is 11.8. The molecule has 1 aliphatic heterocycles. The van der Waals surface area contributed by atoms with Crippen LogP contribution in [0, 0.1) is 5.82 Å². The molecule has 118 valence electrons. The van der Waals surface area contributed by atoms with Crippen molar-refractivity contribution in [2.75, 3.05) is 10.2 Å². The molecule has 0 aromatic heterocycles. The first-order valence-electron chi connectivity index (χ1n) is 6.79. The van der Waals surface area contributed by atoms with Crippen molar-refractivity contribution in [1.82, 2.24) is 0 Å². The average molecular weight is 353 g/mol. The molecule has 4 nitrogen and oxygen atoms in total. The molecule has 1 atom stereocenters. The summed E-state index contributed by atoms with van der Waals surface area (Å²) in [5, 5.41) is 3.54. The van der Waals surface area contributed by atoms with Crippen molar-refractivity contribution >= 4 is 46.4 Å². The Morgan fingerprint density at radius 2 is 1.74 bits per heavy atom. The van der Waals surface area contributed by atoms with E-state index in [4.69, 9.17) is 23.2 Å². The second-order valence-corrected chi connectivity index (χ2v) is 5.89. The fourth-order valence-corrected chi connectivity index (χ4v) is 2.68. The molecule has 0 saturated carbocycles. The standard InChI is InChI=1S/C16H11Cl2FN2O2/c17-12-6-5-11(7-13(12)18)21-15(22)8-14(16(21)23)20-10-3-1-9(19)2-4-10/h1-7,14,20H,8H2. The van der Waals surface area contributed by atoms with Gasteiger partial charge in [-0.1, -0.05) is 23.2 Å². The molecule has 0 aliphatic carbocycles. The highest BCUT2D eigenvalue weighted by Crippen LogP contribution is 2.30. The first-order chi connectivity index (χ1) is 11.0. The van der Waals surface area contributed by atoms with Gasteiger partial charge >= 0.3 is 0 Å². The summed E-state index contributed by atoms with van der Waals surface area (Å²) in [6.07, 6.45) is 0.0104. The zero-order valence-electron chi connectivity index (χ0n) is 11.7. The van der Waals surface area contributed by atoms with Crippen LogP contribution in [-0.4, -0.2) is 17.9 Å². The Hall–Kier alpha value is -2.11. The van der Waals surface area contributed by atoms with E-state index < -0.39 is 11.9 Å². The Balaban J connectivity index is 1.82. The number of carbonyl (C=O) groups excluding carboxylic acids is 2. The van der Waals surface area contributed by atoms with Crippen LogP contribution in [0.3, 0.4) is 0 Å². The lowest BCUT2D eigenvalue weighted by Crippen LogP contribution is -2.34. The predicted octanol–water partition coefficient (Wildman–Crippen LogP) is 3.88. The minimum Gasteiger partial charge on any atom is -0.373 e. The SMILES string of the molecule is O=C1CC(Nc2ccc(F)cc2)C(=O)N1c1ccc(Cl)c(Cl)c1. The minimum absolute atomic E-state index is 0.0104. The molecular formula is C16H11Cl2FN2O2. The first kappa shape index (κ1) is 15.8. The smallest absolute Gasteiger partial charge is 0.256 e. The topological polar surface area (TPSA) is 49.4 Å². The fourth-order valence-electron chi connectivity index (χ4n) is 2.39. The van der Waals surface area contributed by atoms with Crippen LogP contribution in [0.4, 0.5) is 15.8 Å². The third-order valence-electron chi connectivity index (χ3n) is 3.49. The normalized spacial score (nSPS) is 17.7. The Morgan fingerprint density at radius 3 is 2.39 bits per heavy atom. The molecule has 1 fully saturated rings. The average Bonchev–Trinajstić information content (AvgIpc) is 2.79. The van der Waals surface area contributed by atoms with Crippen molar-refractivity contribution in [3.63, 3.8) is 0 Å². The van der Waals surface area contributed by atoms with Crippen LogP contribution in [0.5, 0.6) is 0 Å². The van der Waals surface area contributed by atoms with Gasteiger partial charge in [0.05, 0.1) is 22.2 Å². The molecule has 1 unspecified atom stereocenters. The molecule has 0 spiro atoms. The lowest BCUT2D eigenvalue weighted by atomic mass is 10.2. The number of hydrogen-bond donors (Lipinski definition) is 1. The number of nitrogens with zero attached hydrogens (tertiary/aromatic N) is 1. The number of imide groups is 1. The number of carbonyl (C=O) groups is 2. The molecule has 23 heavy (non-hydrogen) atoms. The molecule has 1 aliphatic rings. The lowest BCUT2D eigenvalue weighted by molar-refractivity contribution is -0.121. The molecule has 0 radical (unpaired) electrons. The first-order valence-corrected chi connectivity index (χ1v) is 7.55. The largest absolute Gasteiger partial charge is 0.373 e. The number of anilines is 2. The van der Waals surface area contributed by atoms with E-state index in [-0.39, 0.29) is 23.2 Å². The van der Waals surface area contributed by atoms with Gasteiger partial charge in [-0.25, -0.2) is 9.29 Å². The van der Waals surface area contributed by atoms with E-state index in [0.29, 0.717) is 16.4 Å². The van der Waals surface area contributed by atoms with Crippen molar-refractivity contribution < 1.29 is 14.0 Å². The molecule has 2 aromatic carbocycles. The van der Waals surface area contributed by atoms with Crippen LogP contribution in [0.25, 0.3) is 0 Å². The lowest BCUT2D eigenvalue weighted by Gasteiger charge is -2.16. The molecule has 3 rings (SSSR count). The number of benzene rings is 2. The summed E-state index contributed by atoms with van der Waals surface area (Å²) in [6, 6.07) is 9.43. The summed E-state index contributed by atoms with van der Waals surface area (Å²) in [5.41, 5.74) is 0.936. The molecule has 1 N–H and O–H groups in total. The van der Waals surface area contributed by atoms with Crippen LogP contribution in [0.1, 0.15) is 6.42 Å². The summed E-state index contributed by atoms with van der Waals surface area (Å²) in [6.45, 7) is 0. The van der Waals surface area contributed by atoms with Crippen molar-refractivity contribution in [3.8, 4) is 0 Å². The second-order valence-electron chi connectivity index (χ2n) is 5.07. The van der Waals surface area contributed by atoms with E-state index in [1.54, 1.807) is 6.07 Å². The summed E-state index contributed by atoms with van der Waals surface area (Å²) in [5.74, 6) is -1.10. The second kappa shape index (κ2) is 6.18. The molecule has 1 saturated heterocycles. The molecule has 1 heterocycles. The maximum absolute atomic E-state index is 12.9. The zero-order valence-corrected chi connectivity index (χ0v) is 13.2. The molecule has 0 bridgehead atoms. The van der Waals surface area contributed by atoms with Crippen molar-refractivity contribution in [2.24, 2.45) is 0 Å². The Morgan fingerprint density at radius 1 is 1.04 bits per heavy atom. The highest BCUT2D eigenvalue weighted by atomic mass is 35.5. The number of nitrogens with one attached hydrogen (secondary N) is 1. The van der Waals surface area contributed by atoms with Gasteiger partial charge in [0.25, 0.3) is 5.91 Å². The number of amides is 2. The predicted molar refractivity (Wildman–Crippen MR) is 87.4 cm³/mol. The summed E-state index contributed by atoms with van der Waals surface area (Å²) in [4.78, 5) is 25.7. The van der Waals surface area contributed by atoms with Crippen LogP contribution in [0.15, 0.2) is 42.5 Å². The summed E-state index contributed by atoms with van der Waals surface area (Å²) in [7, 11) is 0.